The maximum absolute atomic E-state index is 13.4. The molecule has 0 aliphatic heterocycles. The van der Waals surface area contributed by atoms with E-state index in [0.717, 1.165) is 5.75 Å². The Morgan fingerprint density at radius 2 is 1.77 bits per heavy atom. The maximum Gasteiger partial charge on any atom is 0.341 e. The molecule has 0 bridgehead atoms. The molecule has 1 amide bonds. The third kappa shape index (κ3) is 6.66. The molecule has 11 heteroatoms. The van der Waals surface area contributed by atoms with E-state index < -0.39 is 5.97 Å². The minimum absolute atomic E-state index is 0.0439. The summed E-state index contributed by atoms with van der Waals surface area (Å²) in [7, 11) is 3.09. The molecule has 0 spiro atoms. The number of anilines is 1. The van der Waals surface area contributed by atoms with E-state index in [2.05, 4.69) is 29.4 Å². The van der Waals surface area contributed by atoms with Crippen LogP contribution in [0.2, 0.25) is 0 Å². The van der Waals surface area contributed by atoms with E-state index in [9.17, 15) is 14.0 Å². The molecule has 2 aromatic carbocycles. The molecule has 204 valence electrons. The van der Waals surface area contributed by atoms with Crippen molar-refractivity contribution in [2.24, 2.45) is 7.05 Å². The van der Waals surface area contributed by atoms with Crippen LogP contribution >= 0.6 is 23.1 Å². The molecule has 4 rings (SSSR count). The highest BCUT2D eigenvalue weighted by Crippen LogP contribution is 2.36. The maximum atomic E-state index is 13.4. The highest BCUT2D eigenvalue weighted by atomic mass is 32.2. The Morgan fingerprint density at radius 1 is 1.08 bits per heavy atom. The molecule has 0 aliphatic rings. The van der Waals surface area contributed by atoms with E-state index in [1.165, 1.54) is 47.9 Å². The smallest absolute Gasteiger partial charge is 0.341 e. The lowest BCUT2D eigenvalue weighted by molar-refractivity contribution is -0.113. The van der Waals surface area contributed by atoms with Gasteiger partial charge in [0.15, 0.2) is 17.1 Å². The predicted molar refractivity (Wildman–Crippen MR) is 151 cm³/mol. The van der Waals surface area contributed by atoms with Gasteiger partial charge in [0, 0.05) is 18.0 Å². The summed E-state index contributed by atoms with van der Waals surface area (Å²) < 4.78 is 26.2. The summed E-state index contributed by atoms with van der Waals surface area (Å²) in [4.78, 5) is 25.3. The van der Waals surface area contributed by atoms with Crippen molar-refractivity contribution in [3.63, 3.8) is 0 Å². The van der Waals surface area contributed by atoms with Crippen LogP contribution in [0.3, 0.4) is 0 Å². The fraction of sp³-hybridized carbons (Fsp3) is 0.286. The van der Waals surface area contributed by atoms with E-state index in [1.54, 1.807) is 22.1 Å². The van der Waals surface area contributed by atoms with Gasteiger partial charge in [-0.25, -0.2) is 9.18 Å². The highest BCUT2D eigenvalue weighted by Gasteiger charge is 2.23. The molecule has 0 fully saturated rings. The van der Waals surface area contributed by atoms with Crippen LogP contribution in [-0.4, -0.2) is 39.5 Å². The number of hydrogen-bond donors (Lipinski definition) is 1. The van der Waals surface area contributed by atoms with Crippen LogP contribution < -0.4 is 10.1 Å². The van der Waals surface area contributed by atoms with Gasteiger partial charge in [-0.2, -0.15) is 0 Å². The molecule has 4 aromatic rings. The highest BCUT2D eigenvalue weighted by molar-refractivity contribution is 7.99. The summed E-state index contributed by atoms with van der Waals surface area (Å²) in [5, 5.41) is 13.9. The fourth-order valence-electron chi connectivity index (χ4n) is 3.88. The number of thiophene rings is 1. The topological polar surface area (TPSA) is 95.3 Å². The number of benzene rings is 2. The van der Waals surface area contributed by atoms with E-state index in [0.29, 0.717) is 33.0 Å². The molecule has 1 unspecified atom stereocenters. The Bertz CT molecular complexity index is 1450. The summed E-state index contributed by atoms with van der Waals surface area (Å²) >= 11 is 2.42. The van der Waals surface area contributed by atoms with Gasteiger partial charge in [0.2, 0.25) is 5.91 Å². The lowest BCUT2D eigenvalue weighted by Gasteiger charge is -2.15. The Hall–Kier alpha value is -3.70. The summed E-state index contributed by atoms with van der Waals surface area (Å²) in [5.41, 5.74) is 2.65. The van der Waals surface area contributed by atoms with E-state index in [1.807, 2.05) is 38.2 Å². The number of carbonyl (C=O) groups excluding carboxylic acids is 2. The number of rotatable bonds is 10. The van der Waals surface area contributed by atoms with Crippen LogP contribution in [0.15, 0.2) is 59.1 Å². The van der Waals surface area contributed by atoms with Crippen LogP contribution in [0.5, 0.6) is 5.75 Å². The zero-order valence-corrected chi connectivity index (χ0v) is 23.9. The molecular formula is C28H29FN4O4S2. The average molecular weight is 569 g/mol. The summed E-state index contributed by atoms with van der Waals surface area (Å²) in [6.07, 6.45) is -0.353. The Labute approximate surface area is 234 Å². The zero-order valence-electron chi connectivity index (χ0n) is 22.2. The molecular weight excluding hydrogens is 539 g/mol. The van der Waals surface area contributed by atoms with E-state index >= 15 is 0 Å². The molecule has 1 atom stereocenters. The number of carbonyl (C=O) groups is 2. The van der Waals surface area contributed by atoms with Gasteiger partial charge in [-0.05, 0) is 48.2 Å². The van der Waals surface area contributed by atoms with E-state index in [-0.39, 0.29) is 29.1 Å². The number of methoxy groups -OCH3 is 1. The number of aromatic nitrogens is 3. The summed E-state index contributed by atoms with van der Waals surface area (Å²) in [5.74, 6) is 0.549. The lowest BCUT2D eigenvalue weighted by Crippen LogP contribution is -2.16. The molecule has 8 nitrogen and oxygen atoms in total. The first-order valence-electron chi connectivity index (χ1n) is 12.2. The summed E-state index contributed by atoms with van der Waals surface area (Å²) in [6, 6.07) is 13.7. The predicted octanol–water partition coefficient (Wildman–Crippen LogP) is 6.46. The summed E-state index contributed by atoms with van der Waals surface area (Å²) in [6.45, 7) is 6.17. The second-order valence-electron chi connectivity index (χ2n) is 9.07. The van der Waals surface area contributed by atoms with Crippen LogP contribution in [0, 0.1) is 5.82 Å². The van der Waals surface area contributed by atoms with Crippen LogP contribution in [-0.2, 0) is 16.6 Å². The molecule has 0 aliphatic carbocycles. The zero-order chi connectivity index (χ0) is 28.1. The first-order chi connectivity index (χ1) is 18.7. The fourth-order valence-corrected chi connectivity index (χ4v) is 5.57. The molecule has 2 aromatic heterocycles. The normalized spacial score (nSPS) is 11.9. The molecule has 0 saturated carbocycles. The van der Waals surface area contributed by atoms with Gasteiger partial charge in [0.1, 0.15) is 22.1 Å². The quantitative estimate of drug-likeness (QED) is 0.173. The van der Waals surface area contributed by atoms with Gasteiger partial charge in [0.25, 0.3) is 0 Å². The monoisotopic (exact) mass is 568 g/mol. The Morgan fingerprint density at radius 3 is 2.41 bits per heavy atom. The second kappa shape index (κ2) is 12.4. The van der Waals surface area contributed by atoms with Crippen molar-refractivity contribution in [2.75, 3.05) is 18.2 Å². The third-order valence-corrected chi connectivity index (χ3v) is 7.93. The molecule has 2 heterocycles. The van der Waals surface area contributed by atoms with Crippen molar-refractivity contribution in [2.45, 2.75) is 37.9 Å². The van der Waals surface area contributed by atoms with Crippen molar-refractivity contribution in [3.8, 4) is 16.9 Å². The Balaban J connectivity index is 1.40. The molecule has 1 N–H and O–H groups in total. The van der Waals surface area contributed by atoms with Crippen molar-refractivity contribution in [1.82, 2.24) is 14.8 Å². The number of ether oxygens (including phenoxy) is 2. The van der Waals surface area contributed by atoms with Crippen molar-refractivity contribution in [1.29, 1.82) is 0 Å². The SMILES string of the molecule is COC(=O)c1c(-c2ccc(F)cc2)csc1NC(=O)CSc1nnc(C(C)Oc2ccc(C(C)C)cc2)n1C. The van der Waals surface area contributed by atoms with Crippen molar-refractivity contribution >= 4 is 40.0 Å². The Kier molecular flexibility index (Phi) is 9.03. The minimum atomic E-state index is -0.593. The van der Waals surface area contributed by atoms with Gasteiger partial charge in [0.05, 0.1) is 12.9 Å². The second-order valence-corrected chi connectivity index (χ2v) is 10.9. The van der Waals surface area contributed by atoms with Crippen LogP contribution in [0.1, 0.15) is 54.5 Å². The number of halogens is 1. The van der Waals surface area contributed by atoms with Crippen molar-refractivity contribution < 1.29 is 23.5 Å². The number of hydrogen-bond acceptors (Lipinski definition) is 8. The number of nitrogens with zero attached hydrogens (tertiary/aromatic N) is 3. The van der Waals surface area contributed by atoms with Gasteiger partial charge >= 0.3 is 5.97 Å². The van der Waals surface area contributed by atoms with Gasteiger partial charge in [-0.15, -0.1) is 21.5 Å². The van der Waals surface area contributed by atoms with Gasteiger partial charge < -0.3 is 19.4 Å². The van der Waals surface area contributed by atoms with Crippen LogP contribution in [0.25, 0.3) is 11.1 Å². The largest absolute Gasteiger partial charge is 0.483 e. The first-order valence-corrected chi connectivity index (χ1v) is 14.1. The standard InChI is InChI=1S/C28H29FN4O4S2/c1-16(2)18-8-12-21(13-9-18)37-17(3)25-31-32-28(33(25)4)39-15-23(34)30-26-24(27(35)36-5)22(14-38-26)19-6-10-20(29)11-7-19/h6-14,16-17H,15H2,1-5H3,(H,30,34). The minimum Gasteiger partial charge on any atom is -0.483 e. The number of esters is 1. The molecule has 39 heavy (non-hydrogen) atoms. The first kappa shape index (κ1) is 28.3. The number of thioether (sulfide) groups is 1. The molecule has 0 saturated heterocycles. The van der Waals surface area contributed by atoms with Gasteiger partial charge in [-0.3, -0.25) is 4.79 Å². The molecule has 0 radical (unpaired) electrons. The average Bonchev–Trinajstić information content (AvgIpc) is 3.51. The third-order valence-electron chi connectivity index (χ3n) is 6.01. The van der Waals surface area contributed by atoms with Crippen LogP contribution in [0.4, 0.5) is 9.39 Å². The van der Waals surface area contributed by atoms with Gasteiger partial charge in [-0.1, -0.05) is 49.9 Å². The number of amides is 1. The van der Waals surface area contributed by atoms with E-state index in [4.69, 9.17) is 9.47 Å². The number of nitrogens with one attached hydrogen (secondary N) is 1. The van der Waals surface area contributed by atoms with Crippen molar-refractivity contribution in [3.05, 3.63) is 76.7 Å². The lowest BCUT2D eigenvalue weighted by atomic mass is 10.0.